The summed E-state index contributed by atoms with van der Waals surface area (Å²) in [4.78, 5) is 16.3. The molecule has 3 heterocycles. The largest absolute Gasteiger partial charge is 0.377 e. The van der Waals surface area contributed by atoms with Gasteiger partial charge in [-0.15, -0.1) is 11.3 Å². The van der Waals surface area contributed by atoms with Crippen LogP contribution in [0.15, 0.2) is 22.2 Å². The van der Waals surface area contributed by atoms with E-state index >= 15 is 0 Å². The number of carbonyl (C=O) groups is 1. The molecule has 24 heavy (non-hydrogen) atoms. The normalized spacial score (nSPS) is 20.9. The third kappa shape index (κ3) is 4.62. The number of ether oxygens (including phenoxy) is 1. The maximum atomic E-state index is 12.3. The third-order valence-corrected chi connectivity index (χ3v) is 4.95. The fourth-order valence-corrected chi connectivity index (χ4v) is 3.65. The number of nitrogens with one attached hydrogen (secondary N) is 2. The zero-order chi connectivity index (χ0) is 16.8. The van der Waals surface area contributed by atoms with Crippen LogP contribution in [0.3, 0.4) is 0 Å². The lowest BCUT2D eigenvalue weighted by atomic mass is 9.81. The Bertz CT molecular complexity index is 644. The van der Waals surface area contributed by atoms with Crippen molar-refractivity contribution in [1.29, 1.82) is 0 Å². The van der Waals surface area contributed by atoms with E-state index in [-0.39, 0.29) is 5.91 Å². The van der Waals surface area contributed by atoms with E-state index in [1.54, 1.807) is 13.3 Å². The zero-order valence-electron chi connectivity index (χ0n) is 13.7. The smallest absolute Gasteiger partial charge is 0.226 e. The third-order valence-electron chi connectivity index (χ3n) is 4.26. The van der Waals surface area contributed by atoms with E-state index in [1.165, 1.54) is 11.3 Å². The summed E-state index contributed by atoms with van der Waals surface area (Å²) in [6, 6.07) is 1.94. The molecule has 0 aromatic carbocycles. The van der Waals surface area contributed by atoms with E-state index in [1.807, 2.05) is 11.4 Å². The topological polar surface area (TPSA) is 89.3 Å². The highest BCUT2D eigenvalue weighted by Gasteiger charge is 2.28. The number of carbonyl (C=O) groups excluding carboxylic acids is 1. The Morgan fingerprint density at radius 2 is 2.46 bits per heavy atom. The minimum atomic E-state index is 0.0297. The average molecular weight is 350 g/mol. The van der Waals surface area contributed by atoms with Crippen molar-refractivity contribution >= 4 is 22.4 Å². The van der Waals surface area contributed by atoms with Crippen LogP contribution in [0.5, 0.6) is 0 Å². The maximum absolute atomic E-state index is 12.3. The van der Waals surface area contributed by atoms with Crippen LogP contribution < -0.4 is 10.6 Å². The Kier molecular flexibility index (Phi) is 5.95. The van der Waals surface area contributed by atoms with Crippen molar-refractivity contribution in [3.63, 3.8) is 0 Å². The molecule has 2 aromatic heterocycles. The van der Waals surface area contributed by atoms with Crippen molar-refractivity contribution in [2.24, 2.45) is 11.8 Å². The van der Waals surface area contributed by atoms with Crippen molar-refractivity contribution in [3.8, 4) is 0 Å². The predicted octanol–water partition coefficient (Wildman–Crippen LogP) is 2.07. The molecule has 2 aromatic rings. The fraction of sp³-hybridized carbons (Fsp3) is 0.562. The monoisotopic (exact) mass is 350 g/mol. The van der Waals surface area contributed by atoms with Crippen LogP contribution >= 0.6 is 11.3 Å². The van der Waals surface area contributed by atoms with Gasteiger partial charge < -0.3 is 19.9 Å². The molecule has 0 aliphatic carbocycles. The first-order chi connectivity index (χ1) is 11.7. The molecule has 1 aliphatic heterocycles. The molecule has 0 bridgehead atoms. The lowest BCUT2D eigenvalue weighted by molar-refractivity contribution is -0.117. The van der Waals surface area contributed by atoms with E-state index in [4.69, 9.17) is 9.26 Å². The minimum absolute atomic E-state index is 0.0297. The molecule has 0 radical (unpaired) electrons. The van der Waals surface area contributed by atoms with Gasteiger partial charge in [0.2, 0.25) is 5.91 Å². The molecule has 1 aliphatic rings. The second-order valence-corrected chi connectivity index (χ2v) is 6.92. The van der Waals surface area contributed by atoms with Crippen LogP contribution in [-0.4, -0.2) is 36.2 Å². The van der Waals surface area contributed by atoms with E-state index in [2.05, 4.69) is 20.8 Å². The first-order valence-corrected chi connectivity index (χ1v) is 8.96. The van der Waals surface area contributed by atoms with Gasteiger partial charge >= 0.3 is 0 Å². The molecule has 130 valence electrons. The first kappa shape index (κ1) is 17.1. The SMILES string of the molecule is COCc1cc(C[C@H]2CNCC[C@H]2CC(=O)Nc2nccs2)no1. The number of piperidine rings is 1. The van der Waals surface area contributed by atoms with E-state index in [0.717, 1.165) is 37.4 Å². The molecule has 2 atom stereocenters. The summed E-state index contributed by atoms with van der Waals surface area (Å²) in [5, 5.41) is 12.9. The Labute approximate surface area is 144 Å². The number of methoxy groups -OCH3 is 1. The highest BCUT2D eigenvalue weighted by molar-refractivity contribution is 7.13. The van der Waals surface area contributed by atoms with Gasteiger partial charge in [-0.25, -0.2) is 4.98 Å². The van der Waals surface area contributed by atoms with E-state index in [0.29, 0.717) is 30.0 Å². The van der Waals surface area contributed by atoms with E-state index < -0.39 is 0 Å². The van der Waals surface area contributed by atoms with Gasteiger partial charge in [0, 0.05) is 31.2 Å². The molecule has 1 amide bonds. The molecule has 7 nitrogen and oxygen atoms in total. The predicted molar refractivity (Wildman–Crippen MR) is 90.7 cm³/mol. The number of anilines is 1. The maximum Gasteiger partial charge on any atom is 0.226 e. The van der Waals surface area contributed by atoms with E-state index in [9.17, 15) is 4.79 Å². The van der Waals surface area contributed by atoms with Crippen LogP contribution in [-0.2, 0) is 22.6 Å². The molecule has 8 heteroatoms. The number of hydrogen-bond donors (Lipinski definition) is 2. The lowest BCUT2D eigenvalue weighted by Crippen LogP contribution is -2.39. The van der Waals surface area contributed by atoms with Gasteiger partial charge in [0.1, 0.15) is 6.61 Å². The van der Waals surface area contributed by atoms with Crippen molar-refractivity contribution in [3.05, 3.63) is 29.1 Å². The van der Waals surface area contributed by atoms with Crippen molar-refractivity contribution < 1.29 is 14.1 Å². The molecular weight excluding hydrogens is 328 g/mol. The van der Waals surface area contributed by atoms with Gasteiger partial charge in [-0.2, -0.15) is 0 Å². The number of thiazole rings is 1. The molecular formula is C16H22N4O3S. The van der Waals surface area contributed by atoms with Crippen LogP contribution in [0, 0.1) is 11.8 Å². The molecule has 1 saturated heterocycles. The second kappa shape index (κ2) is 8.36. The minimum Gasteiger partial charge on any atom is -0.377 e. The molecule has 0 spiro atoms. The molecule has 0 unspecified atom stereocenters. The van der Waals surface area contributed by atoms with Crippen molar-refractivity contribution in [2.45, 2.75) is 25.9 Å². The Hall–Kier alpha value is -1.77. The van der Waals surface area contributed by atoms with Crippen LogP contribution in [0.4, 0.5) is 5.13 Å². The average Bonchev–Trinajstić information content (AvgIpc) is 3.22. The molecule has 3 rings (SSSR count). The second-order valence-electron chi connectivity index (χ2n) is 6.02. The number of amides is 1. The Morgan fingerprint density at radius 3 is 3.25 bits per heavy atom. The van der Waals surface area contributed by atoms with Crippen molar-refractivity contribution in [1.82, 2.24) is 15.5 Å². The lowest BCUT2D eigenvalue weighted by Gasteiger charge is -2.31. The molecule has 0 saturated carbocycles. The van der Waals surface area contributed by atoms with Crippen LogP contribution in [0.25, 0.3) is 0 Å². The van der Waals surface area contributed by atoms with Gasteiger partial charge in [0.15, 0.2) is 10.9 Å². The van der Waals surface area contributed by atoms with Gasteiger partial charge in [0.05, 0.1) is 5.69 Å². The Morgan fingerprint density at radius 1 is 1.54 bits per heavy atom. The summed E-state index contributed by atoms with van der Waals surface area (Å²) < 4.78 is 10.3. The number of nitrogens with zero attached hydrogens (tertiary/aromatic N) is 2. The standard InChI is InChI=1S/C16H22N4O3S/c1-22-10-14-8-13(20-23-14)6-12-9-17-3-2-11(12)7-15(21)19-16-18-4-5-24-16/h4-5,8,11-12,17H,2-3,6-7,9-10H2,1H3,(H,18,19,21)/t11-,12-/m0/s1. The highest BCUT2D eigenvalue weighted by Crippen LogP contribution is 2.27. The highest BCUT2D eigenvalue weighted by atomic mass is 32.1. The van der Waals surface area contributed by atoms with Crippen LogP contribution in [0.1, 0.15) is 24.3 Å². The Balaban J connectivity index is 1.57. The number of hydrogen-bond acceptors (Lipinski definition) is 7. The van der Waals surface area contributed by atoms with Gasteiger partial charge in [0.25, 0.3) is 0 Å². The first-order valence-electron chi connectivity index (χ1n) is 8.08. The number of aromatic nitrogens is 2. The summed E-state index contributed by atoms with van der Waals surface area (Å²) in [5.41, 5.74) is 0.918. The van der Waals surface area contributed by atoms with Gasteiger partial charge in [-0.05, 0) is 37.8 Å². The van der Waals surface area contributed by atoms with Gasteiger partial charge in [-0.1, -0.05) is 5.16 Å². The number of rotatable bonds is 7. The fourth-order valence-electron chi connectivity index (χ4n) is 3.11. The summed E-state index contributed by atoms with van der Waals surface area (Å²) in [6.07, 6.45) is 3.98. The summed E-state index contributed by atoms with van der Waals surface area (Å²) in [6.45, 7) is 2.26. The zero-order valence-corrected chi connectivity index (χ0v) is 14.5. The van der Waals surface area contributed by atoms with Crippen molar-refractivity contribution in [2.75, 3.05) is 25.5 Å². The molecule has 1 fully saturated rings. The quantitative estimate of drug-likeness (QED) is 0.795. The summed E-state index contributed by atoms with van der Waals surface area (Å²) in [5.74, 6) is 1.45. The summed E-state index contributed by atoms with van der Waals surface area (Å²) in [7, 11) is 1.63. The van der Waals surface area contributed by atoms with Crippen LogP contribution in [0.2, 0.25) is 0 Å². The summed E-state index contributed by atoms with van der Waals surface area (Å²) >= 11 is 1.43. The van der Waals surface area contributed by atoms with Gasteiger partial charge in [-0.3, -0.25) is 4.79 Å². The molecule has 2 N–H and O–H groups in total.